The second-order valence-electron chi connectivity index (χ2n) is 8.99. The minimum atomic E-state index is -1.08. The standard InChI is InChI=1S/C29H27ClN2O5/c1-36-22-8-6-20-10-13-31(25(20)17-22)14-12-27(33)32-15-11-19-4-2-3-5-23(19)29(32)24-16-21(30)7-9-26(24)37-18-28(34)35/h2-10,13,16-17,29H,11-12,14-15,18H2,1H3,(H,34,35). The van der Waals surface area contributed by atoms with Crippen LogP contribution in [0.15, 0.2) is 72.9 Å². The number of nitrogens with zero attached hydrogens (tertiary/aromatic N) is 2. The van der Waals surface area contributed by atoms with Gasteiger partial charge in [0.25, 0.3) is 0 Å². The molecule has 7 nitrogen and oxygen atoms in total. The average molecular weight is 519 g/mol. The molecular weight excluding hydrogens is 492 g/mol. The fourth-order valence-electron chi connectivity index (χ4n) is 5.02. The molecule has 0 spiro atoms. The van der Waals surface area contributed by atoms with Gasteiger partial charge in [0.05, 0.1) is 18.7 Å². The molecule has 190 valence electrons. The molecule has 1 atom stereocenters. The van der Waals surface area contributed by atoms with Gasteiger partial charge in [0, 0.05) is 42.4 Å². The van der Waals surface area contributed by atoms with E-state index in [1.54, 1.807) is 25.3 Å². The number of halogens is 1. The van der Waals surface area contributed by atoms with Crippen LogP contribution >= 0.6 is 11.6 Å². The number of benzene rings is 3. The Bertz CT molecular complexity index is 1460. The summed E-state index contributed by atoms with van der Waals surface area (Å²) >= 11 is 6.37. The molecule has 1 unspecified atom stereocenters. The zero-order valence-electron chi connectivity index (χ0n) is 20.4. The fraction of sp³-hybridized carbons (Fsp3) is 0.241. The molecule has 1 aromatic heterocycles. The molecule has 0 saturated carbocycles. The third-order valence-electron chi connectivity index (χ3n) is 6.77. The van der Waals surface area contributed by atoms with Crippen molar-refractivity contribution in [3.05, 3.63) is 94.6 Å². The molecule has 0 aliphatic carbocycles. The summed E-state index contributed by atoms with van der Waals surface area (Å²) in [5.41, 5.74) is 3.81. The number of hydrogen-bond donors (Lipinski definition) is 1. The van der Waals surface area contributed by atoms with Crippen molar-refractivity contribution in [2.45, 2.75) is 25.4 Å². The van der Waals surface area contributed by atoms with Crippen molar-refractivity contribution in [2.24, 2.45) is 0 Å². The van der Waals surface area contributed by atoms with E-state index in [-0.39, 0.29) is 5.91 Å². The lowest BCUT2D eigenvalue weighted by atomic mass is 9.87. The van der Waals surface area contributed by atoms with Crippen LogP contribution in [0.2, 0.25) is 5.02 Å². The number of rotatable bonds is 8. The van der Waals surface area contributed by atoms with E-state index in [4.69, 9.17) is 21.1 Å². The first-order chi connectivity index (χ1) is 17.9. The van der Waals surface area contributed by atoms with Crippen molar-refractivity contribution in [2.75, 3.05) is 20.3 Å². The Morgan fingerprint density at radius 2 is 1.89 bits per heavy atom. The smallest absolute Gasteiger partial charge is 0.341 e. The molecule has 1 N–H and O–H groups in total. The number of aromatic nitrogens is 1. The Labute approximate surface area is 219 Å². The van der Waals surface area contributed by atoms with Crippen LogP contribution in [0.5, 0.6) is 11.5 Å². The van der Waals surface area contributed by atoms with Gasteiger partial charge in [-0.05, 0) is 59.3 Å². The van der Waals surface area contributed by atoms with Crippen molar-refractivity contribution >= 4 is 34.4 Å². The fourth-order valence-corrected chi connectivity index (χ4v) is 5.20. The Morgan fingerprint density at radius 3 is 2.70 bits per heavy atom. The SMILES string of the molecule is COc1ccc2ccn(CCC(=O)N3CCc4ccccc4C3c3cc(Cl)ccc3OCC(=O)O)c2c1. The number of carbonyl (C=O) groups is 2. The second kappa shape index (κ2) is 10.6. The van der Waals surface area contributed by atoms with Crippen LogP contribution in [-0.4, -0.2) is 46.7 Å². The number of aliphatic carboxylic acids is 1. The molecule has 3 aromatic carbocycles. The molecular formula is C29H27ClN2O5. The Hall–Kier alpha value is -3.97. The highest BCUT2D eigenvalue weighted by Crippen LogP contribution is 2.41. The first-order valence-electron chi connectivity index (χ1n) is 12.1. The van der Waals surface area contributed by atoms with E-state index in [0.29, 0.717) is 35.8 Å². The lowest BCUT2D eigenvalue weighted by Crippen LogP contribution is -2.41. The van der Waals surface area contributed by atoms with Crippen molar-refractivity contribution in [3.63, 3.8) is 0 Å². The molecule has 0 saturated heterocycles. The van der Waals surface area contributed by atoms with Gasteiger partial charge in [0.2, 0.25) is 5.91 Å². The number of carbonyl (C=O) groups excluding carboxylic acids is 1. The highest BCUT2D eigenvalue weighted by Gasteiger charge is 2.34. The molecule has 2 heterocycles. The van der Waals surface area contributed by atoms with Gasteiger partial charge in [-0.15, -0.1) is 0 Å². The van der Waals surface area contributed by atoms with Gasteiger partial charge in [-0.25, -0.2) is 4.79 Å². The third kappa shape index (κ3) is 5.13. The van der Waals surface area contributed by atoms with Crippen molar-refractivity contribution in [1.82, 2.24) is 9.47 Å². The number of ether oxygens (including phenoxy) is 2. The Morgan fingerprint density at radius 1 is 1.05 bits per heavy atom. The number of fused-ring (bicyclic) bond motifs is 2. The Balaban J connectivity index is 1.47. The van der Waals surface area contributed by atoms with Gasteiger partial charge in [-0.3, -0.25) is 4.79 Å². The van der Waals surface area contributed by atoms with Crippen LogP contribution in [0.3, 0.4) is 0 Å². The summed E-state index contributed by atoms with van der Waals surface area (Å²) in [6.07, 6.45) is 3.01. The molecule has 0 bridgehead atoms. The average Bonchev–Trinajstić information content (AvgIpc) is 3.32. The summed E-state index contributed by atoms with van der Waals surface area (Å²) in [5.74, 6) is 0.0815. The molecule has 1 aliphatic heterocycles. The van der Waals surface area contributed by atoms with Gasteiger partial charge < -0.3 is 24.0 Å². The summed E-state index contributed by atoms with van der Waals surface area (Å²) in [5, 5.41) is 10.7. The molecule has 1 aliphatic rings. The molecule has 8 heteroatoms. The molecule has 1 amide bonds. The number of carboxylic acid groups (broad SMARTS) is 1. The third-order valence-corrected chi connectivity index (χ3v) is 7.00. The van der Waals surface area contributed by atoms with E-state index in [0.717, 1.165) is 34.2 Å². The lowest BCUT2D eigenvalue weighted by molar-refractivity contribution is -0.139. The summed E-state index contributed by atoms with van der Waals surface area (Å²) in [6, 6.07) is 20.6. The largest absolute Gasteiger partial charge is 0.497 e. The zero-order valence-corrected chi connectivity index (χ0v) is 21.1. The normalized spacial score (nSPS) is 14.9. The van der Waals surface area contributed by atoms with Crippen molar-refractivity contribution < 1.29 is 24.2 Å². The number of aryl methyl sites for hydroxylation is 1. The predicted octanol–water partition coefficient (Wildman–Crippen LogP) is 5.33. The molecule has 4 aromatic rings. The van der Waals surface area contributed by atoms with Crippen molar-refractivity contribution in [3.8, 4) is 11.5 Å². The van der Waals surface area contributed by atoms with E-state index in [9.17, 15) is 14.7 Å². The zero-order chi connectivity index (χ0) is 25.9. The van der Waals surface area contributed by atoms with Gasteiger partial charge in [0.15, 0.2) is 6.61 Å². The van der Waals surface area contributed by atoms with Gasteiger partial charge >= 0.3 is 5.97 Å². The van der Waals surface area contributed by atoms with Crippen LogP contribution in [0, 0.1) is 0 Å². The maximum Gasteiger partial charge on any atom is 0.341 e. The topological polar surface area (TPSA) is 81.0 Å². The number of amides is 1. The van der Waals surface area contributed by atoms with Gasteiger partial charge in [-0.1, -0.05) is 35.9 Å². The maximum atomic E-state index is 13.7. The van der Waals surface area contributed by atoms with E-state index in [1.165, 1.54) is 0 Å². The molecule has 37 heavy (non-hydrogen) atoms. The summed E-state index contributed by atoms with van der Waals surface area (Å²) in [7, 11) is 1.64. The highest BCUT2D eigenvalue weighted by atomic mass is 35.5. The highest BCUT2D eigenvalue weighted by molar-refractivity contribution is 6.30. The van der Waals surface area contributed by atoms with Crippen molar-refractivity contribution in [1.29, 1.82) is 0 Å². The number of methoxy groups -OCH3 is 1. The summed E-state index contributed by atoms with van der Waals surface area (Å²) in [6.45, 7) is 0.561. The first kappa shape index (κ1) is 24.7. The summed E-state index contributed by atoms with van der Waals surface area (Å²) < 4.78 is 13.1. The summed E-state index contributed by atoms with van der Waals surface area (Å²) in [4.78, 5) is 26.8. The molecule has 0 radical (unpaired) electrons. The van der Waals surface area contributed by atoms with Gasteiger partial charge in [0.1, 0.15) is 11.5 Å². The van der Waals surface area contributed by atoms with E-state index in [2.05, 4.69) is 10.6 Å². The van der Waals surface area contributed by atoms with Crippen LogP contribution in [-0.2, 0) is 22.6 Å². The number of carboxylic acids is 1. The number of hydrogen-bond acceptors (Lipinski definition) is 4. The van der Waals surface area contributed by atoms with Crippen LogP contribution < -0.4 is 9.47 Å². The van der Waals surface area contributed by atoms with E-state index in [1.807, 2.05) is 53.6 Å². The minimum Gasteiger partial charge on any atom is -0.497 e. The van der Waals surface area contributed by atoms with Gasteiger partial charge in [-0.2, -0.15) is 0 Å². The predicted molar refractivity (Wildman–Crippen MR) is 141 cm³/mol. The van der Waals surface area contributed by atoms with Crippen LogP contribution in [0.25, 0.3) is 10.9 Å². The first-order valence-corrected chi connectivity index (χ1v) is 12.5. The maximum absolute atomic E-state index is 13.7. The lowest BCUT2D eigenvalue weighted by Gasteiger charge is -2.38. The van der Waals surface area contributed by atoms with E-state index >= 15 is 0 Å². The molecule has 5 rings (SSSR count). The Kier molecular flexibility index (Phi) is 7.06. The second-order valence-corrected chi connectivity index (χ2v) is 9.42. The van der Waals surface area contributed by atoms with E-state index < -0.39 is 18.6 Å². The quantitative estimate of drug-likeness (QED) is 0.341. The monoisotopic (exact) mass is 518 g/mol. The molecule has 0 fully saturated rings. The van der Waals surface area contributed by atoms with Crippen LogP contribution in [0.1, 0.15) is 29.2 Å². The van der Waals surface area contributed by atoms with Crippen LogP contribution in [0.4, 0.5) is 0 Å². The minimum absolute atomic E-state index is 0.00610.